The summed E-state index contributed by atoms with van der Waals surface area (Å²) in [4.78, 5) is 24.3. The molecule has 2 aromatic rings. The minimum Gasteiger partial charge on any atom is -0.496 e. The molecule has 7 nitrogen and oxygen atoms in total. The summed E-state index contributed by atoms with van der Waals surface area (Å²) in [5.74, 6) is -0.612. The van der Waals surface area contributed by atoms with Crippen molar-refractivity contribution in [2.75, 3.05) is 21.3 Å². The number of hydrogen-bond donors (Lipinski definition) is 1. The van der Waals surface area contributed by atoms with E-state index in [9.17, 15) is 9.59 Å². The molecule has 0 heterocycles. The van der Waals surface area contributed by atoms with E-state index in [-0.39, 0.29) is 11.3 Å². The molecule has 0 aliphatic rings. The number of amides is 1. The molecule has 0 spiro atoms. The van der Waals surface area contributed by atoms with Crippen LogP contribution in [0.5, 0.6) is 17.2 Å². The summed E-state index contributed by atoms with van der Waals surface area (Å²) < 4.78 is 20.9. The monoisotopic (exact) mass is 345 g/mol. The third kappa shape index (κ3) is 4.00. The highest BCUT2D eigenvalue weighted by Crippen LogP contribution is 2.35. The fraction of sp³-hybridized carbons (Fsp3) is 0.222. The molecule has 0 aliphatic carbocycles. The summed E-state index contributed by atoms with van der Waals surface area (Å²) >= 11 is 0. The Morgan fingerprint density at radius 3 is 1.96 bits per heavy atom. The fourth-order valence-corrected chi connectivity index (χ4v) is 2.28. The minimum atomic E-state index is -1.22. The van der Waals surface area contributed by atoms with Gasteiger partial charge in [0.25, 0.3) is 5.91 Å². The van der Waals surface area contributed by atoms with Crippen molar-refractivity contribution >= 4 is 11.9 Å². The first-order valence-corrected chi connectivity index (χ1v) is 7.37. The summed E-state index contributed by atoms with van der Waals surface area (Å²) in [6, 6.07) is 11.4. The average Bonchev–Trinajstić information content (AvgIpc) is 2.65. The van der Waals surface area contributed by atoms with Crippen LogP contribution in [-0.2, 0) is 9.53 Å². The van der Waals surface area contributed by atoms with E-state index in [4.69, 9.17) is 24.7 Å². The molecule has 1 amide bonds. The van der Waals surface area contributed by atoms with Crippen LogP contribution in [0, 0.1) is 0 Å². The second-order valence-corrected chi connectivity index (χ2v) is 5.01. The lowest BCUT2D eigenvalue weighted by molar-refractivity contribution is -0.127. The van der Waals surface area contributed by atoms with Crippen molar-refractivity contribution in [1.29, 1.82) is 0 Å². The van der Waals surface area contributed by atoms with Gasteiger partial charge in [0.1, 0.15) is 11.3 Å². The van der Waals surface area contributed by atoms with E-state index in [1.807, 2.05) is 0 Å². The van der Waals surface area contributed by atoms with Gasteiger partial charge in [-0.2, -0.15) is 0 Å². The number of primary amides is 1. The lowest BCUT2D eigenvalue weighted by atomic mass is 10.1. The van der Waals surface area contributed by atoms with Crippen LogP contribution in [0.15, 0.2) is 42.5 Å². The molecule has 25 heavy (non-hydrogen) atoms. The van der Waals surface area contributed by atoms with Gasteiger partial charge in [-0.05, 0) is 0 Å². The molecule has 0 radical (unpaired) electrons. The van der Waals surface area contributed by atoms with Gasteiger partial charge < -0.3 is 24.7 Å². The number of ether oxygens (including phenoxy) is 4. The highest BCUT2D eigenvalue weighted by atomic mass is 16.6. The smallest absolute Gasteiger partial charge is 0.343 e. The number of nitrogens with two attached hydrogens (primary N) is 1. The van der Waals surface area contributed by atoms with Crippen molar-refractivity contribution in [1.82, 2.24) is 0 Å². The van der Waals surface area contributed by atoms with Crippen LogP contribution < -0.4 is 19.9 Å². The van der Waals surface area contributed by atoms with E-state index in [1.165, 1.54) is 33.5 Å². The van der Waals surface area contributed by atoms with Crippen molar-refractivity contribution in [3.8, 4) is 17.2 Å². The van der Waals surface area contributed by atoms with Gasteiger partial charge in [-0.3, -0.25) is 4.79 Å². The lowest BCUT2D eigenvalue weighted by Gasteiger charge is -2.17. The predicted molar refractivity (Wildman–Crippen MR) is 89.9 cm³/mol. The van der Waals surface area contributed by atoms with Crippen molar-refractivity contribution in [2.45, 2.75) is 6.10 Å². The molecule has 2 rings (SSSR count). The van der Waals surface area contributed by atoms with Gasteiger partial charge in [-0.15, -0.1) is 0 Å². The van der Waals surface area contributed by atoms with E-state index in [0.29, 0.717) is 17.1 Å². The number of rotatable bonds is 7. The highest BCUT2D eigenvalue weighted by Gasteiger charge is 2.26. The molecular formula is C18H19NO6. The molecule has 0 saturated carbocycles. The molecule has 132 valence electrons. The van der Waals surface area contributed by atoms with Gasteiger partial charge >= 0.3 is 5.97 Å². The van der Waals surface area contributed by atoms with E-state index < -0.39 is 18.0 Å². The van der Waals surface area contributed by atoms with E-state index in [0.717, 1.165) is 0 Å². The molecule has 0 fully saturated rings. The molecular weight excluding hydrogens is 326 g/mol. The fourth-order valence-electron chi connectivity index (χ4n) is 2.28. The van der Waals surface area contributed by atoms with Gasteiger partial charge in [0.15, 0.2) is 11.5 Å². The second kappa shape index (κ2) is 8.05. The summed E-state index contributed by atoms with van der Waals surface area (Å²) in [6.07, 6.45) is -1.22. The van der Waals surface area contributed by atoms with Gasteiger partial charge in [-0.25, -0.2) is 4.79 Å². The Balaban J connectivity index is 2.37. The third-order valence-corrected chi connectivity index (χ3v) is 3.51. The minimum absolute atomic E-state index is 0.0855. The summed E-state index contributed by atoms with van der Waals surface area (Å²) in [7, 11) is 4.31. The molecule has 2 aromatic carbocycles. The van der Waals surface area contributed by atoms with Crippen LogP contribution >= 0.6 is 0 Å². The maximum absolute atomic E-state index is 12.6. The molecule has 0 saturated heterocycles. The third-order valence-electron chi connectivity index (χ3n) is 3.51. The van der Waals surface area contributed by atoms with Crippen LogP contribution in [0.3, 0.4) is 0 Å². The van der Waals surface area contributed by atoms with Crippen LogP contribution in [0.2, 0.25) is 0 Å². The Labute approximate surface area is 145 Å². The molecule has 0 aromatic heterocycles. The highest BCUT2D eigenvalue weighted by molar-refractivity contribution is 5.95. The SMILES string of the molecule is COc1cc(OC)c(C(=O)O[C@H](C(N)=O)c2ccccc2)cc1OC. The Morgan fingerprint density at radius 1 is 0.880 bits per heavy atom. The van der Waals surface area contributed by atoms with E-state index in [1.54, 1.807) is 30.3 Å². The largest absolute Gasteiger partial charge is 0.496 e. The summed E-state index contributed by atoms with van der Waals surface area (Å²) in [5, 5.41) is 0. The molecule has 1 atom stereocenters. The number of methoxy groups -OCH3 is 3. The standard InChI is InChI=1S/C18H19NO6/c1-22-13-10-15(24-3)14(23-2)9-12(13)18(21)25-16(17(19)20)11-7-5-4-6-8-11/h4-10,16H,1-3H3,(H2,19,20)/t16-/m0/s1. The number of carbonyl (C=O) groups is 2. The predicted octanol–water partition coefficient (Wildman–Crippen LogP) is 2.10. The zero-order valence-corrected chi connectivity index (χ0v) is 14.1. The quantitative estimate of drug-likeness (QED) is 0.772. The van der Waals surface area contributed by atoms with Gasteiger partial charge in [-0.1, -0.05) is 30.3 Å². The normalized spacial score (nSPS) is 11.3. The van der Waals surface area contributed by atoms with E-state index >= 15 is 0 Å². The summed E-state index contributed by atoms with van der Waals surface area (Å²) in [6.45, 7) is 0. The maximum atomic E-state index is 12.6. The topological polar surface area (TPSA) is 97.1 Å². The van der Waals surface area contributed by atoms with Crippen LogP contribution in [0.4, 0.5) is 0 Å². The first kappa shape index (κ1) is 18.1. The molecule has 2 N–H and O–H groups in total. The van der Waals surface area contributed by atoms with Crippen molar-refractivity contribution < 1.29 is 28.5 Å². The lowest BCUT2D eigenvalue weighted by Crippen LogP contribution is -2.26. The Kier molecular flexibility index (Phi) is 5.84. The summed E-state index contributed by atoms with van der Waals surface area (Å²) in [5.41, 5.74) is 5.94. The molecule has 7 heteroatoms. The Morgan fingerprint density at radius 2 is 1.44 bits per heavy atom. The first-order valence-electron chi connectivity index (χ1n) is 7.37. The maximum Gasteiger partial charge on any atom is 0.343 e. The van der Waals surface area contributed by atoms with Crippen LogP contribution in [-0.4, -0.2) is 33.2 Å². The van der Waals surface area contributed by atoms with Crippen LogP contribution in [0.1, 0.15) is 22.0 Å². The zero-order valence-electron chi connectivity index (χ0n) is 14.1. The van der Waals surface area contributed by atoms with Gasteiger partial charge in [0.2, 0.25) is 6.10 Å². The Hall–Kier alpha value is -3.22. The van der Waals surface area contributed by atoms with E-state index in [2.05, 4.69) is 0 Å². The molecule has 0 unspecified atom stereocenters. The first-order chi connectivity index (χ1) is 12.0. The second-order valence-electron chi connectivity index (χ2n) is 5.01. The number of esters is 1. The zero-order chi connectivity index (χ0) is 18.4. The molecule has 0 bridgehead atoms. The average molecular weight is 345 g/mol. The van der Waals surface area contributed by atoms with Crippen LogP contribution in [0.25, 0.3) is 0 Å². The number of carbonyl (C=O) groups excluding carboxylic acids is 2. The van der Waals surface area contributed by atoms with Crippen molar-refractivity contribution in [2.24, 2.45) is 5.73 Å². The van der Waals surface area contributed by atoms with Crippen molar-refractivity contribution in [3.63, 3.8) is 0 Å². The Bertz CT molecular complexity index is 760. The van der Waals surface area contributed by atoms with Crippen molar-refractivity contribution in [3.05, 3.63) is 53.6 Å². The number of hydrogen-bond acceptors (Lipinski definition) is 6. The molecule has 0 aliphatic heterocycles. The van der Waals surface area contributed by atoms with Gasteiger partial charge in [0.05, 0.1) is 21.3 Å². The van der Waals surface area contributed by atoms with Gasteiger partial charge in [0, 0.05) is 17.7 Å². The number of benzene rings is 2.